The topological polar surface area (TPSA) is 0 Å². The molecule has 1 aliphatic carbocycles. The van der Waals surface area contributed by atoms with Crippen LogP contribution in [0.25, 0.3) is 0 Å². The number of hydrogen-bond acceptors (Lipinski definition) is 0. The van der Waals surface area contributed by atoms with E-state index < -0.39 is 24.2 Å². The molecule has 0 bridgehead atoms. The van der Waals surface area contributed by atoms with E-state index in [1.807, 2.05) is 0 Å². The first-order valence-electron chi connectivity index (χ1n) is 2.77. The van der Waals surface area contributed by atoms with Crippen LogP contribution in [0.4, 0.5) is 17.6 Å². The second kappa shape index (κ2) is 1.74. The number of rotatable bonds is 1. The molecule has 0 amide bonds. The second-order valence-corrected chi connectivity index (χ2v) is 2.43. The van der Waals surface area contributed by atoms with Crippen molar-refractivity contribution in [1.29, 1.82) is 0 Å². The Balaban J connectivity index is 2.70. The standard InChI is InChI=1S/C6H6F4/c1-2-5(8)3-6(9,10)4(5)7/h2,4H,1,3H2. The Morgan fingerprint density at radius 3 is 2.00 bits per heavy atom. The maximum Gasteiger partial charge on any atom is 0.285 e. The summed E-state index contributed by atoms with van der Waals surface area (Å²) in [5.74, 6) is -3.50. The van der Waals surface area contributed by atoms with Crippen LogP contribution in [0.15, 0.2) is 12.7 Å². The molecular formula is C6H6F4. The van der Waals surface area contributed by atoms with E-state index >= 15 is 0 Å². The Morgan fingerprint density at radius 2 is 1.90 bits per heavy atom. The highest BCUT2D eigenvalue weighted by atomic mass is 19.3. The SMILES string of the molecule is C=CC1(F)CC(F)(F)C1F. The van der Waals surface area contributed by atoms with Crippen LogP contribution >= 0.6 is 0 Å². The lowest BCUT2D eigenvalue weighted by Crippen LogP contribution is -2.60. The minimum absolute atomic E-state index is 0.592. The van der Waals surface area contributed by atoms with Gasteiger partial charge in [0, 0.05) is 0 Å². The largest absolute Gasteiger partial charge is 0.285 e. The summed E-state index contributed by atoms with van der Waals surface area (Å²) in [5, 5.41) is 0. The van der Waals surface area contributed by atoms with E-state index in [1.165, 1.54) is 0 Å². The summed E-state index contributed by atoms with van der Waals surface area (Å²) in [4.78, 5) is 0. The van der Waals surface area contributed by atoms with Gasteiger partial charge in [-0.1, -0.05) is 12.7 Å². The molecule has 2 unspecified atom stereocenters. The molecular weight excluding hydrogens is 148 g/mol. The van der Waals surface area contributed by atoms with Crippen LogP contribution in [0.2, 0.25) is 0 Å². The van der Waals surface area contributed by atoms with E-state index in [2.05, 4.69) is 6.58 Å². The van der Waals surface area contributed by atoms with E-state index in [0.717, 1.165) is 0 Å². The molecule has 4 heteroatoms. The van der Waals surface area contributed by atoms with Crippen LogP contribution in [-0.4, -0.2) is 17.8 Å². The van der Waals surface area contributed by atoms with Crippen molar-refractivity contribution in [3.05, 3.63) is 12.7 Å². The maximum atomic E-state index is 12.6. The van der Waals surface area contributed by atoms with E-state index in [4.69, 9.17) is 0 Å². The van der Waals surface area contributed by atoms with Crippen molar-refractivity contribution in [2.45, 2.75) is 24.2 Å². The molecule has 0 radical (unpaired) electrons. The summed E-state index contributed by atoms with van der Waals surface area (Å²) in [6.07, 6.45) is -3.20. The predicted octanol–water partition coefficient (Wildman–Crippen LogP) is 2.26. The first-order chi connectivity index (χ1) is 4.42. The zero-order chi connectivity index (χ0) is 7.99. The second-order valence-electron chi connectivity index (χ2n) is 2.43. The van der Waals surface area contributed by atoms with Gasteiger partial charge in [-0.25, -0.2) is 17.6 Å². The van der Waals surface area contributed by atoms with Crippen LogP contribution < -0.4 is 0 Å². The van der Waals surface area contributed by atoms with E-state index in [1.54, 1.807) is 0 Å². The van der Waals surface area contributed by atoms with Gasteiger partial charge < -0.3 is 0 Å². The molecule has 10 heavy (non-hydrogen) atoms. The first kappa shape index (κ1) is 7.57. The Hall–Kier alpha value is -0.540. The number of allylic oxidation sites excluding steroid dienone is 1. The third kappa shape index (κ3) is 0.744. The van der Waals surface area contributed by atoms with E-state index in [9.17, 15) is 17.6 Å². The predicted molar refractivity (Wildman–Crippen MR) is 28.5 cm³/mol. The molecule has 1 saturated carbocycles. The summed E-state index contributed by atoms with van der Waals surface area (Å²) in [7, 11) is 0. The van der Waals surface area contributed by atoms with Gasteiger partial charge in [0.2, 0.25) is 6.17 Å². The highest BCUT2D eigenvalue weighted by molar-refractivity contribution is 5.17. The van der Waals surface area contributed by atoms with Gasteiger partial charge in [0.05, 0.1) is 6.42 Å². The molecule has 0 nitrogen and oxygen atoms in total. The van der Waals surface area contributed by atoms with Crippen LogP contribution in [0.5, 0.6) is 0 Å². The Kier molecular flexibility index (Phi) is 1.31. The number of hydrogen-bond donors (Lipinski definition) is 0. The van der Waals surface area contributed by atoms with Crippen molar-refractivity contribution in [2.24, 2.45) is 0 Å². The fraction of sp³-hybridized carbons (Fsp3) is 0.667. The van der Waals surface area contributed by atoms with Crippen molar-refractivity contribution >= 4 is 0 Å². The van der Waals surface area contributed by atoms with Crippen LogP contribution in [-0.2, 0) is 0 Å². The lowest BCUT2D eigenvalue weighted by atomic mass is 9.76. The summed E-state index contributed by atoms with van der Waals surface area (Å²) >= 11 is 0. The molecule has 1 rings (SSSR count). The quantitative estimate of drug-likeness (QED) is 0.401. The summed E-state index contributed by atoms with van der Waals surface area (Å²) < 4.78 is 48.6. The van der Waals surface area contributed by atoms with Gasteiger partial charge in [0.1, 0.15) is 0 Å². The fourth-order valence-electron chi connectivity index (χ4n) is 0.936. The lowest BCUT2D eigenvalue weighted by Gasteiger charge is -2.42. The van der Waals surface area contributed by atoms with Crippen molar-refractivity contribution in [3.8, 4) is 0 Å². The maximum absolute atomic E-state index is 12.6. The molecule has 1 fully saturated rings. The van der Waals surface area contributed by atoms with Gasteiger partial charge in [0.15, 0.2) is 5.67 Å². The molecule has 58 valence electrons. The van der Waals surface area contributed by atoms with Crippen molar-refractivity contribution < 1.29 is 17.6 Å². The van der Waals surface area contributed by atoms with Gasteiger partial charge in [-0.15, -0.1) is 0 Å². The zero-order valence-electron chi connectivity index (χ0n) is 5.08. The van der Waals surface area contributed by atoms with E-state index in [-0.39, 0.29) is 0 Å². The highest BCUT2D eigenvalue weighted by Crippen LogP contribution is 2.50. The van der Waals surface area contributed by atoms with Crippen molar-refractivity contribution in [1.82, 2.24) is 0 Å². The summed E-state index contributed by atoms with van der Waals surface area (Å²) in [5.41, 5.74) is -2.50. The zero-order valence-corrected chi connectivity index (χ0v) is 5.08. The van der Waals surface area contributed by atoms with Crippen molar-refractivity contribution in [2.75, 3.05) is 0 Å². The van der Waals surface area contributed by atoms with Gasteiger partial charge in [-0.2, -0.15) is 0 Å². The Labute approximate surface area is 55.5 Å². The van der Waals surface area contributed by atoms with E-state index in [0.29, 0.717) is 6.08 Å². The normalized spacial score (nSPS) is 44.2. The minimum atomic E-state index is -3.50. The molecule has 0 N–H and O–H groups in total. The molecule has 0 spiro atoms. The van der Waals surface area contributed by atoms with Gasteiger partial charge in [-0.05, 0) is 0 Å². The molecule has 0 heterocycles. The van der Waals surface area contributed by atoms with Crippen LogP contribution in [0, 0.1) is 0 Å². The smallest absolute Gasteiger partial charge is 0.237 e. The average Bonchev–Trinajstić information content (AvgIpc) is 1.86. The summed E-state index contributed by atoms with van der Waals surface area (Å²) in [6, 6.07) is 0. The Bertz CT molecular complexity index is 165. The number of halogens is 4. The lowest BCUT2D eigenvalue weighted by molar-refractivity contribution is -0.217. The molecule has 2 atom stereocenters. The van der Waals surface area contributed by atoms with Crippen molar-refractivity contribution in [3.63, 3.8) is 0 Å². The Morgan fingerprint density at radius 1 is 1.40 bits per heavy atom. The molecule has 0 saturated heterocycles. The molecule has 1 aliphatic rings. The highest BCUT2D eigenvalue weighted by Gasteiger charge is 2.67. The van der Waals surface area contributed by atoms with Crippen LogP contribution in [0.3, 0.4) is 0 Å². The molecule has 0 aromatic rings. The van der Waals surface area contributed by atoms with Gasteiger partial charge in [-0.3, -0.25) is 0 Å². The van der Waals surface area contributed by atoms with Gasteiger partial charge in [0.25, 0.3) is 5.92 Å². The molecule has 0 aliphatic heterocycles. The average molecular weight is 154 g/mol. The molecule has 0 aromatic heterocycles. The third-order valence-electron chi connectivity index (χ3n) is 1.64. The third-order valence-corrected chi connectivity index (χ3v) is 1.64. The number of alkyl halides is 4. The van der Waals surface area contributed by atoms with Gasteiger partial charge >= 0.3 is 0 Å². The molecule has 0 aromatic carbocycles. The monoisotopic (exact) mass is 154 g/mol. The summed E-state index contributed by atoms with van der Waals surface area (Å²) in [6.45, 7) is 2.92. The van der Waals surface area contributed by atoms with Crippen LogP contribution in [0.1, 0.15) is 6.42 Å². The first-order valence-corrected chi connectivity index (χ1v) is 2.77. The minimum Gasteiger partial charge on any atom is -0.237 e. The fourth-order valence-corrected chi connectivity index (χ4v) is 0.936.